The Morgan fingerprint density at radius 1 is 0.885 bits per heavy atom. The molecular formula is C21H24N2O3. The Morgan fingerprint density at radius 2 is 1.46 bits per heavy atom. The molecule has 3 rings (SSSR count). The van der Waals surface area contributed by atoms with Gasteiger partial charge in [0.15, 0.2) is 5.78 Å². The van der Waals surface area contributed by atoms with Gasteiger partial charge in [0.25, 0.3) is 5.91 Å². The molecule has 26 heavy (non-hydrogen) atoms. The fourth-order valence-corrected chi connectivity index (χ4v) is 3.12. The molecule has 0 saturated carbocycles. The summed E-state index contributed by atoms with van der Waals surface area (Å²) >= 11 is 0. The molecule has 2 aromatic rings. The molecule has 0 radical (unpaired) electrons. The van der Waals surface area contributed by atoms with Crippen LogP contribution in [0.1, 0.15) is 34.6 Å². The quantitative estimate of drug-likeness (QED) is 0.775. The number of piperazine rings is 1. The molecule has 5 heteroatoms. The Bertz CT molecular complexity index is 761. The Balaban J connectivity index is 1.59. The minimum absolute atomic E-state index is 0.0552. The molecule has 0 aromatic heterocycles. The molecule has 1 fully saturated rings. The summed E-state index contributed by atoms with van der Waals surface area (Å²) in [5.41, 5.74) is 2.49. The number of amides is 1. The van der Waals surface area contributed by atoms with E-state index >= 15 is 0 Å². The van der Waals surface area contributed by atoms with E-state index in [-0.39, 0.29) is 11.7 Å². The van der Waals surface area contributed by atoms with Gasteiger partial charge in [-0.2, -0.15) is 0 Å². The van der Waals surface area contributed by atoms with Crippen molar-refractivity contribution < 1.29 is 14.3 Å². The summed E-state index contributed by atoms with van der Waals surface area (Å²) in [5.74, 6) is 0.907. The second kappa shape index (κ2) is 8.04. The summed E-state index contributed by atoms with van der Waals surface area (Å²) in [5, 5.41) is 0. The van der Waals surface area contributed by atoms with E-state index in [0.717, 1.165) is 30.1 Å². The van der Waals surface area contributed by atoms with Crippen LogP contribution in [0.2, 0.25) is 0 Å². The van der Waals surface area contributed by atoms with E-state index in [1.54, 1.807) is 6.92 Å². The Hall–Kier alpha value is -2.82. The topological polar surface area (TPSA) is 49.9 Å². The average Bonchev–Trinajstić information content (AvgIpc) is 2.68. The van der Waals surface area contributed by atoms with Gasteiger partial charge in [-0.1, -0.05) is 0 Å². The van der Waals surface area contributed by atoms with E-state index in [9.17, 15) is 9.59 Å². The summed E-state index contributed by atoms with van der Waals surface area (Å²) in [6.45, 7) is 7.04. The predicted octanol–water partition coefficient (Wildman–Crippen LogP) is 3.25. The lowest BCUT2D eigenvalue weighted by Crippen LogP contribution is -2.48. The van der Waals surface area contributed by atoms with Crippen molar-refractivity contribution in [2.24, 2.45) is 0 Å². The van der Waals surface area contributed by atoms with E-state index in [2.05, 4.69) is 4.90 Å². The molecule has 2 aromatic carbocycles. The van der Waals surface area contributed by atoms with Gasteiger partial charge in [0, 0.05) is 43.0 Å². The van der Waals surface area contributed by atoms with E-state index in [4.69, 9.17) is 4.74 Å². The lowest BCUT2D eigenvalue weighted by Gasteiger charge is -2.36. The minimum atomic E-state index is 0.0552. The van der Waals surface area contributed by atoms with Gasteiger partial charge in [-0.25, -0.2) is 0 Å². The molecule has 1 saturated heterocycles. The van der Waals surface area contributed by atoms with E-state index in [1.165, 1.54) is 0 Å². The summed E-state index contributed by atoms with van der Waals surface area (Å²) in [4.78, 5) is 28.2. The van der Waals surface area contributed by atoms with Gasteiger partial charge in [0.1, 0.15) is 5.75 Å². The second-order valence-electron chi connectivity index (χ2n) is 6.34. The average molecular weight is 352 g/mol. The van der Waals surface area contributed by atoms with E-state index < -0.39 is 0 Å². The van der Waals surface area contributed by atoms with Gasteiger partial charge in [-0.05, 0) is 62.4 Å². The van der Waals surface area contributed by atoms with Crippen molar-refractivity contribution in [3.8, 4) is 5.75 Å². The SMILES string of the molecule is CCOc1ccc(C(=O)N2CCN(c3ccc(C(C)=O)cc3)CC2)cc1. The highest BCUT2D eigenvalue weighted by Crippen LogP contribution is 2.19. The fraction of sp³-hybridized carbons (Fsp3) is 0.333. The van der Waals surface area contributed by atoms with Crippen molar-refractivity contribution >= 4 is 17.4 Å². The van der Waals surface area contributed by atoms with Gasteiger partial charge < -0.3 is 14.5 Å². The van der Waals surface area contributed by atoms with Gasteiger partial charge >= 0.3 is 0 Å². The maximum atomic E-state index is 12.7. The summed E-state index contributed by atoms with van der Waals surface area (Å²) in [6.07, 6.45) is 0. The maximum absolute atomic E-state index is 12.7. The number of Topliss-reactive ketones (excluding diaryl/α,β-unsaturated/α-hetero) is 1. The molecule has 0 bridgehead atoms. The first-order valence-corrected chi connectivity index (χ1v) is 8.96. The highest BCUT2D eigenvalue weighted by atomic mass is 16.5. The lowest BCUT2D eigenvalue weighted by molar-refractivity contribution is 0.0746. The Morgan fingerprint density at radius 3 is 2.00 bits per heavy atom. The van der Waals surface area contributed by atoms with Gasteiger partial charge in [-0.15, -0.1) is 0 Å². The second-order valence-corrected chi connectivity index (χ2v) is 6.34. The smallest absolute Gasteiger partial charge is 0.253 e. The molecule has 1 aliphatic rings. The Labute approximate surface area is 154 Å². The van der Waals surface area contributed by atoms with Crippen LogP contribution < -0.4 is 9.64 Å². The van der Waals surface area contributed by atoms with Crippen LogP contribution in [0.25, 0.3) is 0 Å². The highest BCUT2D eigenvalue weighted by Gasteiger charge is 2.22. The maximum Gasteiger partial charge on any atom is 0.253 e. The van der Waals surface area contributed by atoms with E-state index in [1.807, 2.05) is 60.4 Å². The number of rotatable bonds is 5. The predicted molar refractivity (Wildman–Crippen MR) is 102 cm³/mol. The summed E-state index contributed by atoms with van der Waals surface area (Å²) in [6, 6.07) is 15.0. The molecule has 5 nitrogen and oxygen atoms in total. The zero-order valence-corrected chi connectivity index (χ0v) is 15.3. The number of ether oxygens (including phenoxy) is 1. The number of ketones is 1. The van der Waals surface area contributed by atoms with Crippen molar-refractivity contribution in [1.82, 2.24) is 4.90 Å². The fourth-order valence-electron chi connectivity index (χ4n) is 3.12. The normalized spacial score (nSPS) is 14.2. The van der Waals surface area contributed by atoms with Crippen LogP contribution in [0.15, 0.2) is 48.5 Å². The number of carbonyl (C=O) groups is 2. The van der Waals surface area contributed by atoms with Crippen LogP contribution in [0.5, 0.6) is 5.75 Å². The zero-order valence-electron chi connectivity index (χ0n) is 15.3. The Kier molecular flexibility index (Phi) is 5.56. The molecule has 0 atom stereocenters. The molecule has 0 unspecified atom stereocenters. The third-order valence-electron chi connectivity index (χ3n) is 4.62. The molecule has 136 valence electrons. The molecule has 0 N–H and O–H groups in total. The minimum Gasteiger partial charge on any atom is -0.494 e. The number of hydrogen-bond donors (Lipinski definition) is 0. The monoisotopic (exact) mass is 352 g/mol. The van der Waals surface area contributed by atoms with Gasteiger partial charge in [0.05, 0.1) is 6.61 Å². The number of benzene rings is 2. The van der Waals surface area contributed by atoms with Crippen LogP contribution in [0.3, 0.4) is 0 Å². The van der Waals surface area contributed by atoms with Crippen LogP contribution in [0, 0.1) is 0 Å². The van der Waals surface area contributed by atoms with Crippen LogP contribution >= 0.6 is 0 Å². The first-order chi connectivity index (χ1) is 12.6. The van der Waals surface area contributed by atoms with Crippen LogP contribution in [-0.2, 0) is 0 Å². The van der Waals surface area contributed by atoms with Crippen molar-refractivity contribution in [3.05, 3.63) is 59.7 Å². The first kappa shape index (κ1) is 18.0. The number of anilines is 1. The summed E-state index contributed by atoms with van der Waals surface area (Å²) in [7, 11) is 0. The molecule has 1 amide bonds. The standard InChI is InChI=1S/C21H24N2O3/c1-3-26-20-10-6-18(7-11-20)21(25)23-14-12-22(13-15-23)19-8-4-17(5-9-19)16(2)24/h4-11H,3,12-15H2,1-2H3. The molecular weight excluding hydrogens is 328 g/mol. The third-order valence-corrected chi connectivity index (χ3v) is 4.62. The molecule has 1 heterocycles. The lowest BCUT2D eigenvalue weighted by atomic mass is 10.1. The summed E-state index contributed by atoms with van der Waals surface area (Å²) < 4.78 is 5.42. The van der Waals surface area contributed by atoms with Crippen molar-refractivity contribution in [2.45, 2.75) is 13.8 Å². The molecule has 0 aliphatic carbocycles. The third kappa shape index (κ3) is 4.04. The van der Waals surface area contributed by atoms with Crippen molar-refractivity contribution in [1.29, 1.82) is 0 Å². The number of carbonyl (C=O) groups excluding carboxylic acids is 2. The number of nitrogens with zero attached hydrogens (tertiary/aromatic N) is 2. The van der Waals surface area contributed by atoms with E-state index in [0.29, 0.717) is 25.3 Å². The highest BCUT2D eigenvalue weighted by molar-refractivity contribution is 5.95. The van der Waals surface area contributed by atoms with Crippen LogP contribution in [0.4, 0.5) is 5.69 Å². The van der Waals surface area contributed by atoms with Crippen molar-refractivity contribution in [2.75, 3.05) is 37.7 Å². The van der Waals surface area contributed by atoms with Crippen LogP contribution in [-0.4, -0.2) is 49.4 Å². The first-order valence-electron chi connectivity index (χ1n) is 8.96. The molecule has 1 aliphatic heterocycles. The number of hydrogen-bond acceptors (Lipinski definition) is 4. The van der Waals surface area contributed by atoms with Crippen molar-refractivity contribution in [3.63, 3.8) is 0 Å². The van der Waals surface area contributed by atoms with Gasteiger partial charge in [0.2, 0.25) is 0 Å². The largest absolute Gasteiger partial charge is 0.494 e. The molecule has 0 spiro atoms. The zero-order chi connectivity index (χ0) is 18.5. The van der Waals surface area contributed by atoms with Gasteiger partial charge in [-0.3, -0.25) is 9.59 Å².